The Labute approximate surface area is 380 Å². The normalized spacial score (nSPS) is 12.7. The molecular weight excluding hydrogens is 819 g/mol. The van der Waals surface area contributed by atoms with E-state index in [1.807, 2.05) is 102 Å². The number of nitrogens with one attached hydrogen (secondary N) is 2. The van der Waals surface area contributed by atoms with Gasteiger partial charge in [0.05, 0.1) is 12.0 Å². The minimum Gasteiger partial charge on any atom is -0.480 e. The summed E-state index contributed by atoms with van der Waals surface area (Å²) in [5.74, 6) is -1.71. The summed E-state index contributed by atoms with van der Waals surface area (Å²) in [5, 5.41) is 16.3. The Morgan fingerprint density at radius 1 is 0.692 bits per heavy atom. The SMILES string of the molecule is CC(C)(C)OC(=O)NCCCCCC(=O)N(CCNC(=O)OCC1c2ccccc2-c2ccccc21)[C@@H](Cc1cn(C(c2ccccc2)(c2ccccc2)c2ccccc2)cn1)C(=O)O. The Balaban J connectivity index is 1.08. The molecule has 5 aromatic carbocycles. The maximum Gasteiger partial charge on any atom is 0.407 e. The van der Waals surface area contributed by atoms with E-state index in [1.54, 1.807) is 27.1 Å². The minimum absolute atomic E-state index is 0.0421. The molecule has 0 aliphatic heterocycles. The third-order valence-electron chi connectivity index (χ3n) is 11.7. The lowest BCUT2D eigenvalue weighted by atomic mass is 9.77. The van der Waals surface area contributed by atoms with Crippen molar-refractivity contribution in [1.29, 1.82) is 0 Å². The Morgan fingerprint density at radius 3 is 1.75 bits per heavy atom. The first kappa shape index (κ1) is 45.8. The Morgan fingerprint density at radius 2 is 1.22 bits per heavy atom. The summed E-state index contributed by atoms with van der Waals surface area (Å²) in [6.45, 7) is 5.74. The fourth-order valence-electron chi connectivity index (χ4n) is 8.78. The van der Waals surface area contributed by atoms with Crippen molar-refractivity contribution in [2.24, 2.45) is 0 Å². The molecule has 12 nitrogen and oxygen atoms in total. The van der Waals surface area contributed by atoms with Gasteiger partial charge >= 0.3 is 18.2 Å². The fraction of sp³-hybridized carbons (Fsp3) is 0.302. The van der Waals surface area contributed by atoms with Gasteiger partial charge in [0.15, 0.2) is 0 Å². The standard InChI is InChI=1S/C53H57N5O7/c1-52(2,3)65-51(63)54-31-19-7-14-30-48(59)58(33-32-55-50(62)64-36-46-44-28-17-15-26-42(44)43-27-16-18-29-45(43)46)47(49(60)61)34-41-35-57(37-56-41)53(38-20-8-4-9-21-38,39-22-10-5-11-23-39)40-24-12-6-13-25-40/h4-6,8-13,15-18,20-29,35,37,46-47H,7,14,19,30-34,36H2,1-3H3,(H,54,63)(H,55,62)(H,60,61)/t47-/m0/s1. The third-order valence-corrected chi connectivity index (χ3v) is 11.7. The molecular formula is C53H57N5O7. The van der Waals surface area contributed by atoms with E-state index in [-0.39, 0.29) is 44.4 Å². The summed E-state index contributed by atoms with van der Waals surface area (Å²) in [4.78, 5) is 58.8. The molecule has 1 heterocycles. The third kappa shape index (κ3) is 10.9. The predicted octanol–water partition coefficient (Wildman–Crippen LogP) is 9.17. The van der Waals surface area contributed by atoms with Crippen molar-refractivity contribution in [3.8, 4) is 11.1 Å². The van der Waals surface area contributed by atoms with E-state index < -0.39 is 35.3 Å². The second kappa shape index (κ2) is 21.0. The number of carboxylic acid groups (broad SMARTS) is 1. The van der Waals surface area contributed by atoms with E-state index in [2.05, 4.69) is 59.2 Å². The highest BCUT2D eigenvalue weighted by Crippen LogP contribution is 2.45. The summed E-state index contributed by atoms with van der Waals surface area (Å²) in [6, 6.07) is 45.1. The fourth-order valence-corrected chi connectivity index (χ4v) is 8.78. The van der Waals surface area contributed by atoms with Gasteiger partial charge in [-0.25, -0.2) is 19.4 Å². The molecule has 0 radical (unpaired) electrons. The number of hydrogen-bond donors (Lipinski definition) is 3. The molecule has 1 aliphatic carbocycles. The minimum atomic E-state index is -1.30. The van der Waals surface area contributed by atoms with Crippen LogP contribution in [-0.2, 0) is 31.0 Å². The molecule has 12 heteroatoms. The van der Waals surface area contributed by atoms with Crippen molar-refractivity contribution < 1.29 is 33.8 Å². The second-order valence-electron chi connectivity index (χ2n) is 17.2. The molecule has 0 saturated carbocycles. The van der Waals surface area contributed by atoms with Gasteiger partial charge in [-0.05, 0) is 72.6 Å². The number of carboxylic acids is 1. The van der Waals surface area contributed by atoms with Gasteiger partial charge in [-0.2, -0.15) is 0 Å². The van der Waals surface area contributed by atoms with Gasteiger partial charge in [0, 0.05) is 44.6 Å². The number of amides is 3. The monoisotopic (exact) mass is 875 g/mol. The van der Waals surface area contributed by atoms with Gasteiger partial charge in [-0.15, -0.1) is 0 Å². The summed E-state index contributed by atoms with van der Waals surface area (Å²) in [7, 11) is 0. The highest BCUT2D eigenvalue weighted by Gasteiger charge is 2.39. The van der Waals surface area contributed by atoms with Crippen molar-refractivity contribution in [2.45, 2.75) is 76.0 Å². The molecule has 6 aromatic rings. The van der Waals surface area contributed by atoms with E-state index in [0.717, 1.165) is 38.9 Å². The highest BCUT2D eigenvalue weighted by atomic mass is 16.6. The van der Waals surface area contributed by atoms with Crippen molar-refractivity contribution >= 4 is 24.1 Å². The first-order chi connectivity index (χ1) is 31.5. The van der Waals surface area contributed by atoms with Crippen LogP contribution in [0.5, 0.6) is 0 Å². The largest absolute Gasteiger partial charge is 0.480 e. The van der Waals surface area contributed by atoms with Crippen LogP contribution in [0.2, 0.25) is 0 Å². The number of benzene rings is 5. The van der Waals surface area contributed by atoms with Crippen molar-refractivity contribution in [1.82, 2.24) is 25.1 Å². The van der Waals surface area contributed by atoms with Gasteiger partial charge in [0.1, 0.15) is 23.8 Å². The number of imidazole rings is 1. The van der Waals surface area contributed by atoms with Gasteiger partial charge in [0.2, 0.25) is 5.91 Å². The predicted molar refractivity (Wildman–Crippen MR) is 249 cm³/mol. The molecule has 1 atom stereocenters. The molecule has 0 spiro atoms. The quantitative estimate of drug-likeness (QED) is 0.0539. The lowest BCUT2D eigenvalue weighted by molar-refractivity contribution is -0.150. The average Bonchev–Trinajstić information content (AvgIpc) is 3.91. The van der Waals surface area contributed by atoms with Crippen LogP contribution in [0.3, 0.4) is 0 Å². The summed E-state index contributed by atoms with van der Waals surface area (Å²) in [5.41, 5.74) is 6.32. The number of carbonyl (C=O) groups excluding carboxylic acids is 3. The maximum atomic E-state index is 14.1. The van der Waals surface area contributed by atoms with Crippen molar-refractivity contribution in [3.05, 3.63) is 186 Å². The van der Waals surface area contributed by atoms with E-state index in [0.29, 0.717) is 31.5 Å². The molecule has 3 amide bonds. The smallest absolute Gasteiger partial charge is 0.407 e. The zero-order valence-corrected chi connectivity index (χ0v) is 37.2. The summed E-state index contributed by atoms with van der Waals surface area (Å²) < 4.78 is 13.1. The van der Waals surface area contributed by atoms with Crippen LogP contribution in [0.25, 0.3) is 11.1 Å². The summed E-state index contributed by atoms with van der Waals surface area (Å²) >= 11 is 0. The van der Waals surface area contributed by atoms with Crippen LogP contribution in [0.4, 0.5) is 9.59 Å². The molecule has 7 rings (SSSR count). The van der Waals surface area contributed by atoms with Gasteiger partial charge in [-0.1, -0.05) is 146 Å². The number of nitrogens with zero attached hydrogens (tertiary/aromatic N) is 3. The number of hydrogen-bond acceptors (Lipinski definition) is 7. The van der Waals surface area contributed by atoms with Gasteiger partial charge in [0.25, 0.3) is 0 Å². The molecule has 0 saturated heterocycles. The zero-order chi connectivity index (χ0) is 45.8. The molecule has 3 N–H and O–H groups in total. The maximum absolute atomic E-state index is 14.1. The van der Waals surface area contributed by atoms with Crippen LogP contribution >= 0.6 is 0 Å². The Bertz CT molecular complexity index is 2400. The van der Waals surface area contributed by atoms with Crippen LogP contribution < -0.4 is 10.6 Å². The van der Waals surface area contributed by atoms with Crippen LogP contribution in [0.15, 0.2) is 152 Å². The molecule has 0 fully saturated rings. The number of aliphatic carboxylic acids is 1. The lowest BCUT2D eigenvalue weighted by Gasteiger charge is -2.37. The topological polar surface area (TPSA) is 152 Å². The number of carbonyl (C=O) groups is 4. The van der Waals surface area contributed by atoms with Crippen LogP contribution in [0, 0.1) is 0 Å². The summed E-state index contributed by atoms with van der Waals surface area (Å²) in [6.07, 6.45) is 4.04. The zero-order valence-electron chi connectivity index (χ0n) is 37.2. The Hall–Kier alpha value is -7.21. The number of rotatable bonds is 19. The van der Waals surface area contributed by atoms with E-state index in [9.17, 15) is 24.3 Å². The molecule has 0 bridgehead atoms. The first-order valence-electron chi connectivity index (χ1n) is 22.2. The number of aromatic nitrogens is 2. The lowest BCUT2D eigenvalue weighted by Crippen LogP contribution is -2.49. The number of fused-ring (bicyclic) bond motifs is 3. The molecule has 0 unspecified atom stereocenters. The highest BCUT2D eigenvalue weighted by molar-refractivity contribution is 5.84. The van der Waals surface area contributed by atoms with Crippen LogP contribution in [0.1, 0.15) is 85.9 Å². The van der Waals surface area contributed by atoms with Crippen LogP contribution in [-0.4, -0.2) is 81.5 Å². The van der Waals surface area contributed by atoms with E-state index in [1.165, 1.54) is 4.90 Å². The number of alkyl carbamates (subject to hydrolysis) is 2. The molecule has 1 aliphatic rings. The number of unbranched alkanes of at least 4 members (excludes halogenated alkanes) is 2. The first-order valence-corrected chi connectivity index (χ1v) is 22.2. The van der Waals surface area contributed by atoms with Gasteiger partial charge < -0.3 is 34.7 Å². The molecule has 65 heavy (non-hydrogen) atoms. The van der Waals surface area contributed by atoms with E-state index >= 15 is 0 Å². The average molecular weight is 876 g/mol. The Kier molecular flexibility index (Phi) is 14.8. The molecule has 1 aromatic heterocycles. The van der Waals surface area contributed by atoms with E-state index in [4.69, 9.17) is 14.5 Å². The number of ether oxygens (including phenoxy) is 2. The molecule has 336 valence electrons. The van der Waals surface area contributed by atoms with Crippen molar-refractivity contribution in [3.63, 3.8) is 0 Å². The van der Waals surface area contributed by atoms with Crippen molar-refractivity contribution in [2.75, 3.05) is 26.2 Å². The van der Waals surface area contributed by atoms with Gasteiger partial charge in [-0.3, -0.25) is 4.79 Å². The second-order valence-corrected chi connectivity index (χ2v) is 17.2.